The van der Waals surface area contributed by atoms with Crippen LogP contribution in [0.25, 0.3) is 10.8 Å². The summed E-state index contributed by atoms with van der Waals surface area (Å²) < 4.78 is 25.2. The van der Waals surface area contributed by atoms with Crippen molar-refractivity contribution in [2.24, 2.45) is 0 Å². The van der Waals surface area contributed by atoms with Gasteiger partial charge >= 0.3 is 0 Å². The fourth-order valence-electron chi connectivity index (χ4n) is 2.38. The molecule has 0 unspecified atom stereocenters. The molecule has 0 spiro atoms. The molecular formula is C17H23NO2S. The number of sulfone groups is 1. The quantitative estimate of drug-likeness (QED) is 0.860. The minimum atomic E-state index is -3.38. The zero-order valence-electron chi connectivity index (χ0n) is 13.3. The molecule has 0 amide bonds. The SMILES string of the molecule is CCC(C)(C)S(=O)(=O)c1cccc2c(N(C)C)cccc12. The summed E-state index contributed by atoms with van der Waals surface area (Å²) in [7, 11) is 0.552. The van der Waals surface area contributed by atoms with Gasteiger partial charge in [0.05, 0.1) is 9.64 Å². The van der Waals surface area contributed by atoms with E-state index in [9.17, 15) is 8.42 Å². The Morgan fingerprint density at radius 1 is 1.00 bits per heavy atom. The second kappa shape index (κ2) is 5.34. The Bertz CT molecular complexity index is 761. The van der Waals surface area contributed by atoms with Crippen LogP contribution in [-0.4, -0.2) is 27.3 Å². The van der Waals surface area contributed by atoms with Crippen LogP contribution >= 0.6 is 0 Å². The molecule has 0 saturated carbocycles. The predicted octanol–water partition coefficient (Wildman–Crippen LogP) is 3.87. The molecule has 0 aromatic heterocycles. The summed E-state index contributed by atoms with van der Waals surface area (Å²) in [6.07, 6.45) is 0.582. The van der Waals surface area contributed by atoms with Gasteiger partial charge in [0, 0.05) is 30.6 Å². The van der Waals surface area contributed by atoms with E-state index in [0.29, 0.717) is 11.3 Å². The molecular weight excluding hydrogens is 282 g/mol. The normalized spacial score (nSPS) is 12.6. The highest BCUT2D eigenvalue weighted by molar-refractivity contribution is 7.93. The Kier molecular flexibility index (Phi) is 4.02. The Morgan fingerprint density at radius 3 is 2.14 bits per heavy atom. The van der Waals surface area contributed by atoms with E-state index in [1.807, 2.05) is 56.3 Å². The summed E-state index contributed by atoms with van der Waals surface area (Å²) in [6.45, 7) is 5.49. The third kappa shape index (κ3) is 2.53. The summed E-state index contributed by atoms with van der Waals surface area (Å²) in [6, 6.07) is 11.3. The van der Waals surface area contributed by atoms with Crippen LogP contribution in [0.1, 0.15) is 27.2 Å². The van der Waals surface area contributed by atoms with E-state index in [1.54, 1.807) is 19.9 Å². The van der Waals surface area contributed by atoms with Crippen LogP contribution in [0.2, 0.25) is 0 Å². The summed E-state index contributed by atoms with van der Waals surface area (Å²) in [5, 5.41) is 1.76. The highest BCUT2D eigenvalue weighted by Crippen LogP contribution is 2.35. The van der Waals surface area contributed by atoms with E-state index in [0.717, 1.165) is 16.5 Å². The molecule has 21 heavy (non-hydrogen) atoms. The van der Waals surface area contributed by atoms with Crippen molar-refractivity contribution < 1.29 is 8.42 Å². The molecule has 114 valence electrons. The Morgan fingerprint density at radius 2 is 1.57 bits per heavy atom. The summed E-state index contributed by atoms with van der Waals surface area (Å²) in [5.74, 6) is 0. The Hall–Kier alpha value is -1.55. The van der Waals surface area contributed by atoms with E-state index in [4.69, 9.17) is 0 Å². The first-order valence-corrected chi connectivity index (χ1v) is 8.64. The molecule has 0 heterocycles. The average molecular weight is 305 g/mol. The van der Waals surface area contributed by atoms with Crippen molar-refractivity contribution >= 4 is 26.3 Å². The first-order chi connectivity index (χ1) is 9.72. The van der Waals surface area contributed by atoms with Crippen molar-refractivity contribution in [3.8, 4) is 0 Å². The van der Waals surface area contributed by atoms with Crippen LogP contribution in [0.3, 0.4) is 0 Å². The van der Waals surface area contributed by atoms with Crippen LogP contribution in [0.15, 0.2) is 41.3 Å². The lowest BCUT2D eigenvalue weighted by atomic mass is 10.1. The lowest BCUT2D eigenvalue weighted by molar-refractivity contribution is 0.539. The van der Waals surface area contributed by atoms with Gasteiger partial charge in [0.2, 0.25) is 0 Å². The highest BCUT2D eigenvalue weighted by Gasteiger charge is 2.35. The van der Waals surface area contributed by atoms with Crippen molar-refractivity contribution in [3.63, 3.8) is 0 Å². The molecule has 0 radical (unpaired) electrons. The highest BCUT2D eigenvalue weighted by atomic mass is 32.2. The summed E-state index contributed by atoms with van der Waals surface area (Å²) in [4.78, 5) is 2.43. The predicted molar refractivity (Wildman–Crippen MR) is 89.8 cm³/mol. The van der Waals surface area contributed by atoms with Crippen molar-refractivity contribution in [1.29, 1.82) is 0 Å². The second-order valence-corrected chi connectivity index (χ2v) is 8.69. The van der Waals surface area contributed by atoms with Crippen molar-refractivity contribution in [3.05, 3.63) is 36.4 Å². The third-order valence-corrected chi connectivity index (χ3v) is 6.89. The standard InChI is InChI=1S/C17H23NO2S/c1-6-17(2,3)21(19,20)16-12-8-9-13-14(16)10-7-11-15(13)18(4)5/h7-12H,6H2,1-5H3. The number of anilines is 1. The summed E-state index contributed by atoms with van der Waals surface area (Å²) in [5.41, 5.74) is 1.03. The summed E-state index contributed by atoms with van der Waals surface area (Å²) >= 11 is 0. The largest absolute Gasteiger partial charge is 0.377 e. The minimum absolute atomic E-state index is 0.426. The first kappa shape index (κ1) is 15.8. The molecule has 4 heteroatoms. The molecule has 0 saturated heterocycles. The van der Waals surface area contributed by atoms with Gasteiger partial charge in [0.25, 0.3) is 0 Å². The number of nitrogens with zero attached hydrogens (tertiary/aromatic N) is 1. The molecule has 0 aliphatic carbocycles. The van der Waals surface area contributed by atoms with Gasteiger partial charge in [-0.25, -0.2) is 8.42 Å². The van der Waals surface area contributed by atoms with Gasteiger partial charge in [0.1, 0.15) is 0 Å². The number of fused-ring (bicyclic) bond motifs is 1. The van der Waals surface area contributed by atoms with Crippen LogP contribution < -0.4 is 4.90 Å². The molecule has 0 aliphatic heterocycles. The van der Waals surface area contributed by atoms with Crippen molar-refractivity contribution in [2.75, 3.05) is 19.0 Å². The van der Waals surface area contributed by atoms with E-state index in [-0.39, 0.29) is 0 Å². The fourth-order valence-corrected chi connectivity index (χ4v) is 4.08. The molecule has 0 fully saturated rings. The average Bonchev–Trinajstić information content (AvgIpc) is 2.45. The van der Waals surface area contributed by atoms with Gasteiger partial charge in [-0.3, -0.25) is 0 Å². The molecule has 0 atom stereocenters. The van der Waals surface area contributed by atoms with Crippen molar-refractivity contribution in [2.45, 2.75) is 36.8 Å². The Balaban J connectivity index is 2.82. The molecule has 3 nitrogen and oxygen atoms in total. The number of hydrogen-bond acceptors (Lipinski definition) is 3. The third-order valence-electron chi connectivity index (χ3n) is 4.21. The lowest BCUT2D eigenvalue weighted by Crippen LogP contribution is -2.31. The Labute approximate surface area is 127 Å². The van der Waals surface area contributed by atoms with Gasteiger partial charge in [-0.05, 0) is 32.4 Å². The van der Waals surface area contributed by atoms with Crippen LogP contribution in [0.5, 0.6) is 0 Å². The zero-order chi connectivity index (χ0) is 15.8. The maximum Gasteiger partial charge on any atom is 0.184 e. The topological polar surface area (TPSA) is 37.4 Å². The van der Waals surface area contributed by atoms with E-state index < -0.39 is 14.6 Å². The zero-order valence-corrected chi connectivity index (χ0v) is 14.2. The van der Waals surface area contributed by atoms with E-state index in [1.165, 1.54) is 0 Å². The fraction of sp³-hybridized carbons (Fsp3) is 0.412. The van der Waals surface area contributed by atoms with Gasteiger partial charge in [0.15, 0.2) is 9.84 Å². The first-order valence-electron chi connectivity index (χ1n) is 7.16. The van der Waals surface area contributed by atoms with Gasteiger partial charge < -0.3 is 4.90 Å². The van der Waals surface area contributed by atoms with Gasteiger partial charge in [-0.2, -0.15) is 0 Å². The number of hydrogen-bond donors (Lipinski definition) is 0. The molecule has 0 aliphatic rings. The van der Waals surface area contributed by atoms with Crippen LogP contribution in [0, 0.1) is 0 Å². The number of rotatable bonds is 4. The van der Waals surface area contributed by atoms with E-state index >= 15 is 0 Å². The maximum absolute atomic E-state index is 13.0. The monoisotopic (exact) mass is 305 g/mol. The molecule has 2 rings (SSSR count). The van der Waals surface area contributed by atoms with Gasteiger partial charge in [-0.15, -0.1) is 0 Å². The smallest absolute Gasteiger partial charge is 0.184 e. The maximum atomic E-state index is 13.0. The van der Waals surface area contributed by atoms with E-state index in [2.05, 4.69) is 0 Å². The lowest BCUT2D eigenvalue weighted by Gasteiger charge is -2.24. The second-order valence-electron chi connectivity index (χ2n) is 6.14. The molecule has 2 aromatic rings. The number of benzene rings is 2. The van der Waals surface area contributed by atoms with Crippen LogP contribution in [0.4, 0.5) is 5.69 Å². The van der Waals surface area contributed by atoms with Gasteiger partial charge in [-0.1, -0.05) is 31.2 Å². The molecule has 0 bridgehead atoms. The molecule has 0 N–H and O–H groups in total. The molecule has 2 aromatic carbocycles. The minimum Gasteiger partial charge on any atom is -0.377 e. The van der Waals surface area contributed by atoms with Crippen LogP contribution in [-0.2, 0) is 9.84 Å². The van der Waals surface area contributed by atoms with Crippen molar-refractivity contribution in [1.82, 2.24) is 0 Å².